The summed E-state index contributed by atoms with van der Waals surface area (Å²) in [5.41, 5.74) is 0. The van der Waals surface area contributed by atoms with Crippen molar-refractivity contribution in [3.8, 4) is 0 Å². The summed E-state index contributed by atoms with van der Waals surface area (Å²) in [5, 5.41) is 0. The van der Waals surface area contributed by atoms with Gasteiger partial charge in [-0.15, -0.1) is 0 Å². The lowest BCUT2D eigenvalue weighted by Crippen LogP contribution is -2.41. The lowest BCUT2D eigenvalue weighted by atomic mass is 9.92. The molecule has 2 bridgehead atoms. The number of amides is 2. The molecule has 1 heterocycles. The Morgan fingerprint density at radius 2 is 2.19 bits per heavy atom. The number of cyclic esters (lactones) is 1. The summed E-state index contributed by atoms with van der Waals surface area (Å²) >= 11 is 3.58. The summed E-state index contributed by atoms with van der Waals surface area (Å²) in [4.78, 5) is 25.0. The first-order valence-electron chi connectivity index (χ1n) is 5.49. The summed E-state index contributed by atoms with van der Waals surface area (Å²) in [6.45, 7) is 0.725. The van der Waals surface area contributed by atoms with Crippen molar-refractivity contribution in [1.29, 1.82) is 0 Å². The van der Waals surface area contributed by atoms with Crippen LogP contribution in [0.15, 0.2) is 12.2 Å². The van der Waals surface area contributed by atoms with E-state index < -0.39 is 6.09 Å². The van der Waals surface area contributed by atoms with Crippen molar-refractivity contribution in [1.82, 2.24) is 4.90 Å². The van der Waals surface area contributed by atoms with E-state index in [1.807, 2.05) is 0 Å². The van der Waals surface area contributed by atoms with Gasteiger partial charge in [0.1, 0.15) is 6.61 Å². The standard InChI is InChI=1S/C11H12BrNO3/c12-9-7-2-1-6(5-7)8(9)10(14)13-3-4-16-11(13)15/h1-2,6-9H,3-5H2/t6-,7+,8-,9-/m1/s1. The zero-order valence-electron chi connectivity index (χ0n) is 8.64. The highest BCUT2D eigenvalue weighted by Crippen LogP contribution is 2.48. The van der Waals surface area contributed by atoms with Crippen LogP contribution in [-0.2, 0) is 9.53 Å². The van der Waals surface area contributed by atoms with Crippen LogP contribution in [0.1, 0.15) is 6.42 Å². The van der Waals surface area contributed by atoms with Crippen molar-refractivity contribution in [3.05, 3.63) is 12.2 Å². The molecule has 2 amide bonds. The van der Waals surface area contributed by atoms with E-state index in [-0.39, 0.29) is 22.6 Å². The third kappa shape index (κ3) is 1.34. The summed E-state index contributed by atoms with van der Waals surface area (Å²) in [6.07, 6.45) is 4.80. The van der Waals surface area contributed by atoms with Crippen molar-refractivity contribution < 1.29 is 14.3 Å². The molecule has 0 aromatic heterocycles. The fourth-order valence-corrected chi connectivity index (χ4v) is 3.86. The van der Waals surface area contributed by atoms with Gasteiger partial charge < -0.3 is 4.74 Å². The van der Waals surface area contributed by atoms with Gasteiger partial charge in [-0.3, -0.25) is 4.79 Å². The Hall–Kier alpha value is -0.840. The summed E-state index contributed by atoms with van der Waals surface area (Å²) in [6, 6.07) is 0. The number of allylic oxidation sites excluding steroid dienone is 2. The van der Waals surface area contributed by atoms with Crippen molar-refractivity contribution in [2.45, 2.75) is 11.2 Å². The molecule has 0 aromatic rings. The highest BCUT2D eigenvalue weighted by Gasteiger charge is 2.49. The van der Waals surface area contributed by atoms with Gasteiger partial charge in [0.2, 0.25) is 5.91 Å². The minimum Gasteiger partial charge on any atom is -0.447 e. The Morgan fingerprint density at radius 3 is 2.75 bits per heavy atom. The third-order valence-electron chi connectivity index (χ3n) is 3.68. The van der Waals surface area contributed by atoms with Crippen LogP contribution in [-0.4, -0.2) is 34.9 Å². The van der Waals surface area contributed by atoms with Gasteiger partial charge in [-0.2, -0.15) is 0 Å². The molecule has 0 radical (unpaired) electrons. The SMILES string of the molecule is O=C1OCCN1C(=O)[C@H]1[C@H](Br)[C@H]2C=C[C@@H]1C2. The van der Waals surface area contributed by atoms with Crippen molar-refractivity contribution >= 4 is 27.9 Å². The van der Waals surface area contributed by atoms with Crippen LogP contribution in [0.25, 0.3) is 0 Å². The molecule has 5 heteroatoms. The first kappa shape index (κ1) is 10.3. The smallest absolute Gasteiger partial charge is 0.416 e. The molecule has 2 fully saturated rings. The van der Waals surface area contributed by atoms with Gasteiger partial charge in [0.15, 0.2) is 0 Å². The molecule has 0 spiro atoms. The molecule has 86 valence electrons. The number of rotatable bonds is 1. The predicted molar refractivity (Wildman–Crippen MR) is 60.0 cm³/mol. The number of alkyl halides is 1. The number of ether oxygens (including phenoxy) is 1. The van der Waals surface area contributed by atoms with Crippen LogP contribution in [0.4, 0.5) is 4.79 Å². The molecule has 3 aliphatic rings. The lowest BCUT2D eigenvalue weighted by molar-refractivity contribution is -0.132. The Balaban J connectivity index is 1.81. The molecule has 2 aliphatic carbocycles. The number of imide groups is 1. The predicted octanol–water partition coefficient (Wildman–Crippen LogP) is 1.55. The molecule has 4 nitrogen and oxygen atoms in total. The second kappa shape index (κ2) is 3.58. The van der Waals surface area contributed by atoms with Gasteiger partial charge in [0.25, 0.3) is 0 Å². The first-order valence-corrected chi connectivity index (χ1v) is 6.40. The number of nitrogens with zero attached hydrogens (tertiary/aromatic N) is 1. The monoisotopic (exact) mass is 285 g/mol. The average molecular weight is 286 g/mol. The number of halogens is 1. The van der Waals surface area contributed by atoms with E-state index in [9.17, 15) is 9.59 Å². The van der Waals surface area contributed by atoms with Gasteiger partial charge in [-0.25, -0.2) is 9.69 Å². The van der Waals surface area contributed by atoms with Crippen molar-refractivity contribution in [2.24, 2.45) is 17.8 Å². The lowest BCUT2D eigenvalue weighted by Gasteiger charge is -2.25. The molecular weight excluding hydrogens is 274 g/mol. The normalized spacial score (nSPS) is 40.6. The van der Waals surface area contributed by atoms with E-state index in [2.05, 4.69) is 28.1 Å². The second-order valence-corrected chi connectivity index (χ2v) is 5.58. The molecule has 0 aromatic carbocycles. The first-order chi connectivity index (χ1) is 7.68. The zero-order valence-corrected chi connectivity index (χ0v) is 10.2. The van der Waals surface area contributed by atoms with Gasteiger partial charge in [0.05, 0.1) is 12.5 Å². The van der Waals surface area contributed by atoms with E-state index in [0.29, 0.717) is 19.1 Å². The summed E-state index contributed by atoms with van der Waals surface area (Å²) < 4.78 is 4.79. The number of carbonyl (C=O) groups is 2. The van der Waals surface area contributed by atoms with E-state index in [1.54, 1.807) is 0 Å². The van der Waals surface area contributed by atoms with Gasteiger partial charge in [0, 0.05) is 4.83 Å². The largest absolute Gasteiger partial charge is 0.447 e. The van der Waals surface area contributed by atoms with Crippen molar-refractivity contribution in [3.63, 3.8) is 0 Å². The minimum absolute atomic E-state index is 0.0822. The fourth-order valence-electron chi connectivity index (χ4n) is 2.85. The maximum absolute atomic E-state index is 12.2. The number of hydrogen-bond donors (Lipinski definition) is 0. The molecule has 4 atom stereocenters. The van der Waals surface area contributed by atoms with E-state index in [0.717, 1.165) is 6.42 Å². The Morgan fingerprint density at radius 1 is 1.44 bits per heavy atom. The van der Waals surface area contributed by atoms with Crippen LogP contribution < -0.4 is 0 Å². The van der Waals surface area contributed by atoms with Crippen LogP contribution >= 0.6 is 15.9 Å². The van der Waals surface area contributed by atoms with Crippen LogP contribution in [0.2, 0.25) is 0 Å². The average Bonchev–Trinajstić information content (AvgIpc) is 2.92. The van der Waals surface area contributed by atoms with Gasteiger partial charge in [-0.1, -0.05) is 28.1 Å². The number of hydrogen-bond acceptors (Lipinski definition) is 3. The van der Waals surface area contributed by atoms with Crippen LogP contribution in [0, 0.1) is 17.8 Å². The fraction of sp³-hybridized carbons (Fsp3) is 0.636. The molecule has 1 aliphatic heterocycles. The van der Waals surface area contributed by atoms with E-state index >= 15 is 0 Å². The van der Waals surface area contributed by atoms with Crippen LogP contribution in [0.5, 0.6) is 0 Å². The molecule has 1 saturated carbocycles. The van der Waals surface area contributed by atoms with Gasteiger partial charge in [-0.05, 0) is 18.3 Å². The highest BCUT2D eigenvalue weighted by atomic mass is 79.9. The van der Waals surface area contributed by atoms with Gasteiger partial charge >= 0.3 is 6.09 Å². The number of fused-ring (bicyclic) bond motifs is 2. The Bertz CT molecular complexity index is 381. The Labute approximate surface area is 102 Å². The maximum Gasteiger partial charge on any atom is 0.416 e. The molecular formula is C11H12BrNO3. The molecule has 3 rings (SSSR count). The van der Waals surface area contributed by atoms with E-state index in [4.69, 9.17) is 4.74 Å². The Kier molecular flexibility index (Phi) is 2.31. The highest BCUT2D eigenvalue weighted by molar-refractivity contribution is 9.09. The summed E-state index contributed by atoms with van der Waals surface area (Å²) in [5.74, 6) is 0.551. The quantitative estimate of drug-likeness (QED) is 0.543. The third-order valence-corrected chi connectivity index (χ3v) is 4.92. The topological polar surface area (TPSA) is 46.6 Å². The molecule has 16 heavy (non-hydrogen) atoms. The van der Waals surface area contributed by atoms with Crippen LogP contribution in [0.3, 0.4) is 0 Å². The van der Waals surface area contributed by atoms with Crippen molar-refractivity contribution in [2.75, 3.05) is 13.2 Å². The number of carbonyl (C=O) groups excluding carboxylic acids is 2. The molecule has 1 saturated heterocycles. The summed E-state index contributed by atoms with van der Waals surface area (Å²) in [7, 11) is 0. The molecule has 0 unspecified atom stereocenters. The zero-order chi connectivity index (χ0) is 11.3. The molecule has 0 N–H and O–H groups in total. The van der Waals surface area contributed by atoms with E-state index in [1.165, 1.54) is 4.90 Å². The minimum atomic E-state index is -0.489. The second-order valence-electron chi connectivity index (χ2n) is 4.52. The maximum atomic E-state index is 12.2.